The second-order valence-electron chi connectivity index (χ2n) is 1.24. The summed E-state index contributed by atoms with van der Waals surface area (Å²) in [7, 11) is 0. The number of rotatable bonds is 0. The molecule has 0 amide bonds. The van der Waals surface area contributed by atoms with Crippen LogP contribution < -0.4 is 0 Å². The van der Waals surface area contributed by atoms with E-state index < -0.39 is 3.79 Å². The van der Waals surface area contributed by atoms with Gasteiger partial charge < -0.3 is 0 Å². The van der Waals surface area contributed by atoms with Gasteiger partial charge in [0.15, 0.2) is 5.01 Å². The lowest BCUT2D eigenvalue weighted by Gasteiger charge is -2.02. The van der Waals surface area contributed by atoms with E-state index in [1.807, 2.05) is 0 Å². The van der Waals surface area contributed by atoms with E-state index >= 15 is 0 Å². The molecular weight excluding hydrogens is 202 g/mol. The van der Waals surface area contributed by atoms with Gasteiger partial charge in [-0.15, -0.1) is 21.5 Å². The molecule has 0 fully saturated rings. The highest BCUT2D eigenvalue weighted by Gasteiger charge is 2.26. The van der Waals surface area contributed by atoms with Crippen molar-refractivity contribution in [3.63, 3.8) is 0 Å². The summed E-state index contributed by atoms with van der Waals surface area (Å²) < 4.78 is -1.42. The smallest absolute Gasteiger partial charge is 0.147 e. The van der Waals surface area contributed by atoms with E-state index in [0.29, 0.717) is 5.01 Å². The SMILES string of the molecule is ClC(Cl)(Cl)c1nncs1. The van der Waals surface area contributed by atoms with Gasteiger partial charge in [0, 0.05) is 0 Å². The number of aromatic nitrogens is 2. The van der Waals surface area contributed by atoms with E-state index in [2.05, 4.69) is 10.2 Å². The lowest BCUT2D eigenvalue weighted by Crippen LogP contribution is -1.98. The molecule has 0 spiro atoms. The van der Waals surface area contributed by atoms with Crippen molar-refractivity contribution >= 4 is 46.1 Å². The van der Waals surface area contributed by atoms with Crippen molar-refractivity contribution in [3.8, 4) is 0 Å². The van der Waals surface area contributed by atoms with E-state index in [1.165, 1.54) is 16.8 Å². The molecule has 0 aromatic carbocycles. The molecule has 50 valence electrons. The minimum Gasteiger partial charge on any atom is -0.147 e. The summed E-state index contributed by atoms with van der Waals surface area (Å²) in [6.45, 7) is 0. The van der Waals surface area contributed by atoms with E-state index in [1.54, 1.807) is 0 Å². The average Bonchev–Trinajstić information content (AvgIpc) is 2.08. The Hall–Kier alpha value is 0.430. The second kappa shape index (κ2) is 2.58. The summed E-state index contributed by atoms with van der Waals surface area (Å²) in [5.74, 6) is 0. The molecule has 0 bridgehead atoms. The largest absolute Gasteiger partial charge is 0.243 e. The summed E-state index contributed by atoms with van der Waals surface area (Å²) in [5.41, 5.74) is 1.51. The van der Waals surface area contributed by atoms with Crippen molar-refractivity contribution in [2.75, 3.05) is 0 Å². The van der Waals surface area contributed by atoms with Crippen LogP contribution in [0.25, 0.3) is 0 Å². The molecule has 2 nitrogen and oxygen atoms in total. The van der Waals surface area contributed by atoms with Crippen molar-refractivity contribution in [2.24, 2.45) is 0 Å². The van der Waals surface area contributed by atoms with Crippen molar-refractivity contribution in [3.05, 3.63) is 10.5 Å². The van der Waals surface area contributed by atoms with Crippen LogP contribution >= 0.6 is 46.1 Å². The fourth-order valence-electron chi connectivity index (χ4n) is 0.297. The standard InChI is InChI=1S/C3HCl3N2S/c4-3(5,6)2-8-7-1-9-2/h1H. The third kappa shape index (κ3) is 1.93. The van der Waals surface area contributed by atoms with Crippen LogP contribution in [-0.4, -0.2) is 10.2 Å². The van der Waals surface area contributed by atoms with E-state index in [0.717, 1.165) is 0 Å². The zero-order chi connectivity index (χ0) is 6.91. The maximum Gasteiger partial charge on any atom is 0.243 e. The summed E-state index contributed by atoms with van der Waals surface area (Å²) in [4.78, 5) is 0. The molecule has 1 aromatic rings. The minimum absolute atomic E-state index is 0.396. The molecule has 6 heteroatoms. The topological polar surface area (TPSA) is 25.8 Å². The predicted molar refractivity (Wildman–Crippen MR) is 39.1 cm³/mol. The van der Waals surface area contributed by atoms with Crippen LogP contribution in [0.3, 0.4) is 0 Å². The third-order valence-electron chi connectivity index (χ3n) is 0.603. The molecule has 0 unspecified atom stereocenters. The number of hydrogen-bond donors (Lipinski definition) is 0. The van der Waals surface area contributed by atoms with Crippen molar-refractivity contribution in [1.82, 2.24) is 10.2 Å². The normalized spacial score (nSPS) is 11.9. The number of halogens is 3. The molecule has 1 aromatic heterocycles. The first-order valence-corrected chi connectivity index (χ1v) is 3.95. The van der Waals surface area contributed by atoms with Crippen LogP contribution in [0.1, 0.15) is 5.01 Å². The molecule has 1 rings (SSSR count). The average molecular weight is 203 g/mol. The minimum atomic E-state index is -1.42. The Bertz CT molecular complexity index is 179. The fourth-order valence-corrected chi connectivity index (χ4v) is 1.23. The van der Waals surface area contributed by atoms with Gasteiger partial charge in [0.2, 0.25) is 3.79 Å². The Labute approximate surface area is 70.8 Å². The first kappa shape index (κ1) is 7.54. The lowest BCUT2D eigenvalue weighted by molar-refractivity contribution is 1.01. The molecule has 0 radical (unpaired) electrons. The van der Waals surface area contributed by atoms with Crippen LogP contribution in [0, 0.1) is 0 Å². The molecule has 0 N–H and O–H groups in total. The van der Waals surface area contributed by atoms with Crippen LogP contribution in [-0.2, 0) is 3.79 Å². The Kier molecular flexibility index (Phi) is 2.16. The maximum atomic E-state index is 5.44. The van der Waals surface area contributed by atoms with E-state index in [-0.39, 0.29) is 0 Å². The molecule has 9 heavy (non-hydrogen) atoms. The highest BCUT2D eigenvalue weighted by atomic mass is 35.6. The Balaban J connectivity index is 2.90. The third-order valence-corrected chi connectivity index (χ3v) is 2.29. The molecule has 0 atom stereocenters. The number of nitrogens with zero attached hydrogens (tertiary/aromatic N) is 2. The predicted octanol–water partition coefficient (Wildman–Crippen LogP) is 2.36. The molecular formula is C3HCl3N2S. The van der Waals surface area contributed by atoms with Crippen LogP contribution in [0.5, 0.6) is 0 Å². The van der Waals surface area contributed by atoms with Crippen molar-refractivity contribution in [1.29, 1.82) is 0 Å². The first-order chi connectivity index (χ1) is 4.11. The Morgan fingerprint density at radius 2 is 2.11 bits per heavy atom. The molecule has 0 saturated heterocycles. The van der Waals surface area contributed by atoms with Crippen LogP contribution in [0.15, 0.2) is 5.51 Å². The van der Waals surface area contributed by atoms with Gasteiger partial charge in [-0.1, -0.05) is 34.8 Å². The Morgan fingerprint density at radius 3 is 2.33 bits per heavy atom. The molecule has 0 aliphatic carbocycles. The monoisotopic (exact) mass is 202 g/mol. The molecule has 0 aliphatic heterocycles. The molecule has 0 saturated carbocycles. The van der Waals surface area contributed by atoms with Gasteiger partial charge >= 0.3 is 0 Å². The number of hydrogen-bond acceptors (Lipinski definition) is 3. The van der Waals surface area contributed by atoms with Crippen molar-refractivity contribution in [2.45, 2.75) is 3.79 Å². The quantitative estimate of drug-likeness (QED) is 0.605. The van der Waals surface area contributed by atoms with Crippen LogP contribution in [0.4, 0.5) is 0 Å². The van der Waals surface area contributed by atoms with Gasteiger partial charge in [-0.3, -0.25) is 0 Å². The van der Waals surface area contributed by atoms with Gasteiger partial charge in [-0.25, -0.2) is 0 Å². The van der Waals surface area contributed by atoms with Crippen LogP contribution in [0.2, 0.25) is 0 Å². The number of alkyl halides is 3. The fraction of sp³-hybridized carbons (Fsp3) is 0.333. The van der Waals surface area contributed by atoms with Gasteiger partial charge in [-0.2, -0.15) is 0 Å². The maximum absolute atomic E-state index is 5.44. The lowest BCUT2D eigenvalue weighted by atomic mass is 10.8. The van der Waals surface area contributed by atoms with E-state index in [4.69, 9.17) is 34.8 Å². The second-order valence-corrected chi connectivity index (χ2v) is 4.36. The molecule has 1 heterocycles. The highest BCUT2D eigenvalue weighted by molar-refractivity contribution is 7.10. The van der Waals surface area contributed by atoms with Gasteiger partial charge in [0.05, 0.1) is 0 Å². The summed E-state index contributed by atoms with van der Waals surface area (Å²) >= 11 is 17.5. The summed E-state index contributed by atoms with van der Waals surface area (Å²) in [6.07, 6.45) is 0. The summed E-state index contributed by atoms with van der Waals surface area (Å²) in [6, 6.07) is 0. The first-order valence-electron chi connectivity index (χ1n) is 1.94. The molecule has 0 aliphatic rings. The Morgan fingerprint density at radius 1 is 1.44 bits per heavy atom. The zero-order valence-corrected chi connectivity index (χ0v) is 7.10. The van der Waals surface area contributed by atoms with Gasteiger partial charge in [0.1, 0.15) is 5.51 Å². The van der Waals surface area contributed by atoms with Gasteiger partial charge in [-0.05, 0) is 0 Å². The van der Waals surface area contributed by atoms with E-state index in [9.17, 15) is 0 Å². The zero-order valence-electron chi connectivity index (χ0n) is 4.01. The van der Waals surface area contributed by atoms with Gasteiger partial charge in [0.25, 0.3) is 0 Å². The highest BCUT2D eigenvalue weighted by Crippen LogP contribution is 2.38. The summed E-state index contributed by atoms with van der Waals surface area (Å²) in [5, 5.41) is 7.46. The van der Waals surface area contributed by atoms with Crippen molar-refractivity contribution < 1.29 is 0 Å².